The average Bonchev–Trinajstić information content (AvgIpc) is 2.33. The number of ether oxygens (including phenoxy) is 1. The Kier molecular flexibility index (Phi) is 3.62. The molecule has 2 rings (SSSR count). The van der Waals surface area contributed by atoms with Crippen LogP contribution in [0.4, 0.5) is 0 Å². The molecule has 4 heteroatoms. The molecule has 0 amide bonds. The largest absolute Gasteiger partial charge is 0.495 e. The fourth-order valence-electron chi connectivity index (χ4n) is 2.46. The molecule has 1 aromatic carbocycles. The summed E-state index contributed by atoms with van der Waals surface area (Å²) in [5.41, 5.74) is 8.47. The highest BCUT2D eigenvalue weighted by Gasteiger charge is 2.12. The number of nitrogens with two attached hydrogens (primary N) is 1. The molecular formula is C15H20N2O2. The molecule has 0 saturated heterocycles. The zero-order chi connectivity index (χ0) is 14.2. The molecule has 2 N–H and O–H groups in total. The van der Waals surface area contributed by atoms with Gasteiger partial charge in [0.15, 0.2) is 0 Å². The van der Waals surface area contributed by atoms with Crippen molar-refractivity contribution in [2.45, 2.75) is 26.3 Å². The van der Waals surface area contributed by atoms with E-state index in [4.69, 9.17) is 10.5 Å². The van der Waals surface area contributed by atoms with Crippen LogP contribution in [0.1, 0.15) is 18.1 Å². The number of aryl methyl sites for hydroxylation is 2. The Balaban J connectivity index is 2.80. The maximum Gasteiger partial charge on any atom is 0.254 e. The Labute approximate surface area is 112 Å². The fourth-order valence-corrected chi connectivity index (χ4v) is 2.46. The Morgan fingerprint density at radius 1 is 1.37 bits per heavy atom. The lowest BCUT2D eigenvalue weighted by Crippen LogP contribution is -2.27. The first-order valence-electron chi connectivity index (χ1n) is 6.37. The van der Waals surface area contributed by atoms with E-state index in [2.05, 4.69) is 6.07 Å². The Morgan fingerprint density at radius 3 is 2.63 bits per heavy atom. The van der Waals surface area contributed by atoms with E-state index >= 15 is 0 Å². The van der Waals surface area contributed by atoms with Crippen molar-refractivity contribution in [3.63, 3.8) is 0 Å². The van der Waals surface area contributed by atoms with Gasteiger partial charge in [0.1, 0.15) is 5.75 Å². The van der Waals surface area contributed by atoms with Crippen molar-refractivity contribution < 1.29 is 4.74 Å². The maximum absolute atomic E-state index is 12.3. The van der Waals surface area contributed by atoms with Crippen LogP contribution in [0.3, 0.4) is 0 Å². The molecule has 1 heterocycles. The molecule has 0 aliphatic carbocycles. The van der Waals surface area contributed by atoms with Crippen molar-refractivity contribution in [1.29, 1.82) is 0 Å². The third kappa shape index (κ3) is 2.49. The van der Waals surface area contributed by atoms with E-state index in [0.717, 1.165) is 27.8 Å². The SMILES string of the molecule is COc1cc(C)cc2cc(CC(C)N)c(=O)n(C)c12. The van der Waals surface area contributed by atoms with Gasteiger partial charge in [-0.1, -0.05) is 0 Å². The minimum Gasteiger partial charge on any atom is -0.495 e. The summed E-state index contributed by atoms with van der Waals surface area (Å²) in [4.78, 5) is 12.3. The highest BCUT2D eigenvalue weighted by atomic mass is 16.5. The molecule has 2 aromatic rings. The van der Waals surface area contributed by atoms with Crippen LogP contribution in [0.2, 0.25) is 0 Å². The maximum atomic E-state index is 12.3. The first kappa shape index (κ1) is 13.6. The number of nitrogens with zero attached hydrogens (tertiary/aromatic N) is 1. The van der Waals surface area contributed by atoms with Crippen molar-refractivity contribution in [3.8, 4) is 5.75 Å². The standard InChI is InChI=1S/C15H20N2O2/c1-9-5-11-8-12(7-10(2)16)15(18)17(3)14(11)13(6-9)19-4/h5-6,8,10H,7,16H2,1-4H3. The molecule has 1 aromatic heterocycles. The lowest BCUT2D eigenvalue weighted by atomic mass is 10.0. The van der Waals surface area contributed by atoms with Gasteiger partial charge in [-0.05, 0) is 44.0 Å². The van der Waals surface area contributed by atoms with Crippen LogP contribution < -0.4 is 16.0 Å². The van der Waals surface area contributed by atoms with E-state index in [9.17, 15) is 4.79 Å². The van der Waals surface area contributed by atoms with Gasteiger partial charge in [0.2, 0.25) is 0 Å². The summed E-state index contributed by atoms with van der Waals surface area (Å²) in [6.45, 7) is 3.92. The molecule has 0 spiro atoms. The normalized spacial score (nSPS) is 12.7. The van der Waals surface area contributed by atoms with Crippen LogP contribution in [0, 0.1) is 6.92 Å². The lowest BCUT2D eigenvalue weighted by Gasteiger charge is -2.14. The second-order valence-corrected chi connectivity index (χ2v) is 5.12. The van der Waals surface area contributed by atoms with Gasteiger partial charge in [-0.15, -0.1) is 0 Å². The van der Waals surface area contributed by atoms with Gasteiger partial charge >= 0.3 is 0 Å². The van der Waals surface area contributed by atoms with Crippen LogP contribution in [0.25, 0.3) is 10.9 Å². The number of rotatable bonds is 3. The van der Waals surface area contributed by atoms with Crippen molar-refractivity contribution in [2.75, 3.05) is 7.11 Å². The quantitative estimate of drug-likeness (QED) is 0.914. The fraction of sp³-hybridized carbons (Fsp3) is 0.400. The number of hydrogen-bond donors (Lipinski definition) is 1. The van der Waals surface area contributed by atoms with E-state index in [-0.39, 0.29) is 11.6 Å². The molecule has 19 heavy (non-hydrogen) atoms. The van der Waals surface area contributed by atoms with Gasteiger partial charge < -0.3 is 15.0 Å². The number of aromatic nitrogens is 1. The van der Waals surface area contributed by atoms with Gasteiger partial charge in [-0.2, -0.15) is 0 Å². The van der Waals surface area contributed by atoms with Gasteiger partial charge in [0, 0.05) is 24.0 Å². The number of pyridine rings is 1. The van der Waals surface area contributed by atoms with Gasteiger partial charge in [0.25, 0.3) is 5.56 Å². The molecule has 0 aliphatic rings. The van der Waals surface area contributed by atoms with E-state index < -0.39 is 0 Å². The molecule has 0 bridgehead atoms. The molecular weight excluding hydrogens is 240 g/mol. The minimum atomic E-state index is -0.0307. The molecule has 0 aliphatic heterocycles. The van der Waals surface area contributed by atoms with Crippen molar-refractivity contribution >= 4 is 10.9 Å². The van der Waals surface area contributed by atoms with Crippen LogP contribution >= 0.6 is 0 Å². The predicted molar refractivity (Wildman–Crippen MR) is 77.8 cm³/mol. The van der Waals surface area contributed by atoms with Crippen LogP contribution in [-0.4, -0.2) is 17.7 Å². The molecule has 0 saturated carbocycles. The Morgan fingerprint density at radius 2 is 2.05 bits per heavy atom. The van der Waals surface area contributed by atoms with Crippen LogP contribution in [0.15, 0.2) is 23.0 Å². The number of fused-ring (bicyclic) bond motifs is 1. The summed E-state index contributed by atoms with van der Waals surface area (Å²) in [5.74, 6) is 0.724. The number of hydrogen-bond acceptors (Lipinski definition) is 3. The van der Waals surface area contributed by atoms with Crippen molar-refractivity contribution in [3.05, 3.63) is 39.7 Å². The Bertz CT molecular complexity index is 672. The van der Waals surface area contributed by atoms with Crippen molar-refractivity contribution in [2.24, 2.45) is 12.8 Å². The molecule has 102 valence electrons. The minimum absolute atomic E-state index is 0.00745. The second kappa shape index (κ2) is 5.05. The first-order valence-corrected chi connectivity index (χ1v) is 6.37. The Hall–Kier alpha value is -1.81. The van der Waals surface area contributed by atoms with E-state index in [1.165, 1.54) is 0 Å². The summed E-state index contributed by atoms with van der Waals surface area (Å²) < 4.78 is 7.02. The second-order valence-electron chi connectivity index (χ2n) is 5.12. The molecule has 1 atom stereocenters. The van der Waals surface area contributed by atoms with Crippen molar-refractivity contribution in [1.82, 2.24) is 4.57 Å². The highest BCUT2D eigenvalue weighted by molar-refractivity contribution is 5.86. The van der Waals surface area contributed by atoms with E-state index in [0.29, 0.717) is 6.42 Å². The zero-order valence-corrected chi connectivity index (χ0v) is 11.9. The third-order valence-electron chi connectivity index (χ3n) is 3.26. The zero-order valence-electron chi connectivity index (χ0n) is 11.9. The molecule has 0 radical (unpaired) electrons. The van der Waals surface area contributed by atoms with Gasteiger partial charge in [-0.25, -0.2) is 0 Å². The number of methoxy groups -OCH3 is 1. The highest BCUT2D eigenvalue weighted by Crippen LogP contribution is 2.26. The summed E-state index contributed by atoms with van der Waals surface area (Å²) in [6, 6.07) is 5.89. The third-order valence-corrected chi connectivity index (χ3v) is 3.26. The van der Waals surface area contributed by atoms with Crippen LogP contribution in [-0.2, 0) is 13.5 Å². The molecule has 0 fully saturated rings. The average molecular weight is 260 g/mol. The molecule has 4 nitrogen and oxygen atoms in total. The van der Waals surface area contributed by atoms with Crippen LogP contribution in [0.5, 0.6) is 5.75 Å². The number of benzene rings is 1. The molecule has 1 unspecified atom stereocenters. The lowest BCUT2D eigenvalue weighted by molar-refractivity contribution is 0.417. The summed E-state index contributed by atoms with van der Waals surface area (Å²) in [5, 5.41) is 1.01. The predicted octanol–water partition coefficient (Wildman–Crippen LogP) is 1.75. The summed E-state index contributed by atoms with van der Waals surface area (Å²) >= 11 is 0. The van der Waals surface area contributed by atoms with E-state index in [1.807, 2.05) is 26.0 Å². The smallest absolute Gasteiger partial charge is 0.254 e. The van der Waals surface area contributed by atoms with Gasteiger partial charge in [0.05, 0.1) is 12.6 Å². The van der Waals surface area contributed by atoms with Gasteiger partial charge in [-0.3, -0.25) is 4.79 Å². The topological polar surface area (TPSA) is 57.2 Å². The monoisotopic (exact) mass is 260 g/mol. The first-order chi connectivity index (χ1) is 8.93. The van der Waals surface area contributed by atoms with E-state index in [1.54, 1.807) is 18.7 Å². The summed E-state index contributed by atoms with van der Waals surface area (Å²) in [7, 11) is 3.39. The summed E-state index contributed by atoms with van der Waals surface area (Å²) in [6.07, 6.45) is 0.582.